The van der Waals surface area contributed by atoms with Crippen LogP contribution in [0.5, 0.6) is 5.75 Å². The summed E-state index contributed by atoms with van der Waals surface area (Å²) in [6, 6.07) is 17.3. The highest BCUT2D eigenvalue weighted by atomic mass is 16.5. The monoisotopic (exact) mass is 408 g/mol. The standard InChI is InChI=1S/C23H24N2O5/c1-2-28-14-15-30-21-12-6-4-10-19(21)23(27)25-20-11-5-3-9-18(20)22(26)24-16-17-8-7-13-29-17/h3-13H,2,14-16H2,1H3,(H,24,26)(H,25,27). The lowest BCUT2D eigenvalue weighted by Gasteiger charge is -2.14. The lowest BCUT2D eigenvalue weighted by atomic mass is 10.1. The molecule has 1 aromatic heterocycles. The summed E-state index contributed by atoms with van der Waals surface area (Å²) in [6.45, 7) is 3.54. The van der Waals surface area contributed by atoms with Crippen LogP contribution in [0.3, 0.4) is 0 Å². The summed E-state index contributed by atoms with van der Waals surface area (Å²) < 4.78 is 16.2. The molecule has 3 rings (SSSR count). The van der Waals surface area contributed by atoms with E-state index >= 15 is 0 Å². The van der Waals surface area contributed by atoms with Gasteiger partial charge in [0.05, 0.1) is 36.2 Å². The highest BCUT2D eigenvalue weighted by Gasteiger charge is 2.17. The maximum Gasteiger partial charge on any atom is 0.259 e. The van der Waals surface area contributed by atoms with Crippen LogP contribution < -0.4 is 15.4 Å². The Morgan fingerprint density at radius 1 is 0.900 bits per heavy atom. The van der Waals surface area contributed by atoms with E-state index in [1.807, 2.05) is 6.92 Å². The van der Waals surface area contributed by atoms with Crippen LogP contribution in [0.1, 0.15) is 33.4 Å². The molecule has 0 saturated carbocycles. The molecule has 0 aliphatic carbocycles. The molecule has 0 aliphatic rings. The molecule has 2 aromatic carbocycles. The minimum atomic E-state index is -0.367. The molecular weight excluding hydrogens is 384 g/mol. The molecule has 0 unspecified atom stereocenters. The van der Waals surface area contributed by atoms with Gasteiger partial charge in [-0.1, -0.05) is 24.3 Å². The quantitative estimate of drug-likeness (QED) is 0.497. The molecule has 0 atom stereocenters. The number of ether oxygens (including phenoxy) is 2. The summed E-state index contributed by atoms with van der Waals surface area (Å²) in [4.78, 5) is 25.5. The van der Waals surface area contributed by atoms with Crippen molar-refractivity contribution < 1.29 is 23.5 Å². The van der Waals surface area contributed by atoms with Crippen molar-refractivity contribution >= 4 is 17.5 Å². The third-order valence-electron chi connectivity index (χ3n) is 4.24. The number of rotatable bonds is 10. The van der Waals surface area contributed by atoms with Gasteiger partial charge in [0.25, 0.3) is 11.8 Å². The zero-order valence-corrected chi connectivity index (χ0v) is 16.7. The fraction of sp³-hybridized carbons (Fsp3) is 0.217. The molecule has 0 saturated heterocycles. The lowest BCUT2D eigenvalue weighted by molar-refractivity contribution is 0.0949. The molecule has 2 N–H and O–H groups in total. The second-order valence-corrected chi connectivity index (χ2v) is 6.30. The van der Waals surface area contributed by atoms with Gasteiger partial charge < -0.3 is 24.5 Å². The number of furan rings is 1. The van der Waals surface area contributed by atoms with E-state index in [1.165, 1.54) is 0 Å². The van der Waals surface area contributed by atoms with E-state index in [0.29, 0.717) is 48.1 Å². The Morgan fingerprint density at radius 2 is 1.67 bits per heavy atom. The second-order valence-electron chi connectivity index (χ2n) is 6.30. The van der Waals surface area contributed by atoms with Gasteiger partial charge in [0, 0.05) is 6.61 Å². The summed E-state index contributed by atoms with van der Waals surface area (Å²) in [5, 5.41) is 5.59. The highest BCUT2D eigenvalue weighted by Crippen LogP contribution is 2.22. The van der Waals surface area contributed by atoms with Gasteiger partial charge in [0.1, 0.15) is 18.1 Å². The van der Waals surface area contributed by atoms with E-state index in [1.54, 1.807) is 66.9 Å². The van der Waals surface area contributed by atoms with Crippen molar-refractivity contribution in [2.75, 3.05) is 25.1 Å². The average molecular weight is 408 g/mol. The molecule has 0 bridgehead atoms. The first-order valence-corrected chi connectivity index (χ1v) is 9.69. The van der Waals surface area contributed by atoms with E-state index < -0.39 is 0 Å². The first-order chi connectivity index (χ1) is 14.7. The van der Waals surface area contributed by atoms with Gasteiger partial charge in [-0.15, -0.1) is 0 Å². The number of carbonyl (C=O) groups is 2. The highest BCUT2D eigenvalue weighted by molar-refractivity contribution is 6.10. The van der Waals surface area contributed by atoms with E-state index in [4.69, 9.17) is 13.9 Å². The van der Waals surface area contributed by atoms with Gasteiger partial charge in [-0.05, 0) is 43.3 Å². The molecule has 3 aromatic rings. The van der Waals surface area contributed by atoms with Crippen LogP contribution in [0.25, 0.3) is 0 Å². The van der Waals surface area contributed by atoms with Crippen molar-refractivity contribution in [3.8, 4) is 5.75 Å². The van der Waals surface area contributed by atoms with Gasteiger partial charge in [-0.25, -0.2) is 0 Å². The zero-order chi connectivity index (χ0) is 21.2. The molecule has 2 amide bonds. The first kappa shape index (κ1) is 21.1. The predicted octanol–water partition coefficient (Wildman–Crippen LogP) is 3.88. The van der Waals surface area contributed by atoms with Crippen molar-refractivity contribution in [1.82, 2.24) is 5.32 Å². The molecule has 0 fully saturated rings. The third-order valence-corrected chi connectivity index (χ3v) is 4.24. The molecule has 7 heteroatoms. The predicted molar refractivity (Wildman–Crippen MR) is 113 cm³/mol. The van der Waals surface area contributed by atoms with Crippen LogP contribution in [-0.4, -0.2) is 31.6 Å². The molecular formula is C23H24N2O5. The second kappa shape index (κ2) is 10.8. The Hall–Kier alpha value is -3.58. The van der Waals surface area contributed by atoms with Gasteiger partial charge >= 0.3 is 0 Å². The fourth-order valence-corrected chi connectivity index (χ4v) is 2.79. The van der Waals surface area contributed by atoms with Crippen molar-refractivity contribution in [2.45, 2.75) is 13.5 Å². The molecule has 7 nitrogen and oxygen atoms in total. The Kier molecular flexibility index (Phi) is 7.63. The molecule has 0 radical (unpaired) electrons. The van der Waals surface area contributed by atoms with Crippen molar-refractivity contribution in [1.29, 1.82) is 0 Å². The summed E-state index contributed by atoms with van der Waals surface area (Å²) in [5.74, 6) is 0.411. The summed E-state index contributed by atoms with van der Waals surface area (Å²) in [7, 11) is 0. The normalized spacial score (nSPS) is 10.4. The lowest BCUT2D eigenvalue weighted by Crippen LogP contribution is -2.24. The largest absolute Gasteiger partial charge is 0.490 e. The summed E-state index contributed by atoms with van der Waals surface area (Å²) >= 11 is 0. The van der Waals surface area contributed by atoms with Gasteiger partial charge in [0.15, 0.2) is 0 Å². The van der Waals surface area contributed by atoms with Crippen LogP contribution in [0, 0.1) is 0 Å². The topological polar surface area (TPSA) is 89.8 Å². The van der Waals surface area contributed by atoms with E-state index in [-0.39, 0.29) is 18.4 Å². The van der Waals surface area contributed by atoms with Gasteiger partial charge in [-0.3, -0.25) is 9.59 Å². The molecule has 1 heterocycles. The van der Waals surface area contributed by atoms with Crippen LogP contribution in [0.4, 0.5) is 5.69 Å². The Balaban J connectivity index is 1.69. The van der Waals surface area contributed by atoms with Crippen LogP contribution in [0.2, 0.25) is 0 Å². The zero-order valence-electron chi connectivity index (χ0n) is 16.7. The number of amides is 2. The number of nitrogens with one attached hydrogen (secondary N) is 2. The number of para-hydroxylation sites is 2. The number of anilines is 1. The minimum Gasteiger partial charge on any atom is -0.490 e. The van der Waals surface area contributed by atoms with Crippen LogP contribution >= 0.6 is 0 Å². The Bertz CT molecular complexity index is 969. The van der Waals surface area contributed by atoms with Gasteiger partial charge in [0.2, 0.25) is 0 Å². The van der Waals surface area contributed by atoms with Crippen molar-refractivity contribution in [2.24, 2.45) is 0 Å². The third kappa shape index (κ3) is 5.71. The van der Waals surface area contributed by atoms with Crippen molar-refractivity contribution in [3.63, 3.8) is 0 Å². The van der Waals surface area contributed by atoms with E-state index in [2.05, 4.69) is 10.6 Å². The average Bonchev–Trinajstić information content (AvgIpc) is 3.29. The summed E-state index contributed by atoms with van der Waals surface area (Å²) in [5.41, 5.74) is 1.13. The number of hydrogen-bond acceptors (Lipinski definition) is 5. The summed E-state index contributed by atoms with van der Waals surface area (Å²) in [6.07, 6.45) is 1.55. The Labute approximate surface area is 175 Å². The van der Waals surface area contributed by atoms with Gasteiger partial charge in [-0.2, -0.15) is 0 Å². The molecule has 30 heavy (non-hydrogen) atoms. The van der Waals surface area contributed by atoms with Crippen LogP contribution in [-0.2, 0) is 11.3 Å². The molecule has 0 spiro atoms. The fourth-order valence-electron chi connectivity index (χ4n) is 2.79. The molecule has 0 aliphatic heterocycles. The first-order valence-electron chi connectivity index (χ1n) is 9.69. The van der Waals surface area contributed by atoms with E-state index in [0.717, 1.165) is 0 Å². The number of carbonyl (C=O) groups excluding carboxylic acids is 2. The number of hydrogen-bond donors (Lipinski definition) is 2. The SMILES string of the molecule is CCOCCOc1ccccc1C(=O)Nc1ccccc1C(=O)NCc1ccco1. The molecule has 156 valence electrons. The smallest absolute Gasteiger partial charge is 0.259 e. The number of benzene rings is 2. The van der Waals surface area contributed by atoms with E-state index in [9.17, 15) is 9.59 Å². The van der Waals surface area contributed by atoms with Crippen LogP contribution in [0.15, 0.2) is 71.3 Å². The Morgan fingerprint density at radius 3 is 2.43 bits per heavy atom. The van der Waals surface area contributed by atoms with Crippen molar-refractivity contribution in [3.05, 3.63) is 83.8 Å². The maximum atomic E-state index is 12.9. The minimum absolute atomic E-state index is 0.255. The maximum absolute atomic E-state index is 12.9.